The summed E-state index contributed by atoms with van der Waals surface area (Å²) in [5.74, 6) is 0. The Labute approximate surface area is 79.7 Å². The molecule has 0 fully saturated rings. The Bertz CT molecular complexity index is 367. The van der Waals surface area contributed by atoms with Gasteiger partial charge in [-0.2, -0.15) is 0 Å². The van der Waals surface area contributed by atoms with Crippen LogP contribution in [0.5, 0.6) is 0 Å². The molecular formula is C8H7ClN2O2. The standard InChI is InChI=1S/C8H7ClN2O2/c9-7-4-10-8-2-1-5(11(12)13)3-6(7)8/h1-3,7,10H,4H2. The van der Waals surface area contributed by atoms with Crippen molar-refractivity contribution in [1.29, 1.82) is 0 Å². The molecule has 1 aromatic rings. The first-order chi connectivity index (χ1) is 6.18. The molecule has 0 aromatic heterocycles. The van der Waals surface area contributed by atoms with Gasteiger partial charge in [0, 0.05) is 29.9 Å². The van der Waals surface area contributed by atoms with Crippen LogP contribution >= 0.6 is 11.6 Å². The fourth-order valence-corrected chi connectivity index (χ4v) is 1.65. The van der Waals surface area contributed by atoms with Gasteiger partial charge in [-0.25, -0.2) is 0 Å². The van der Waals surface area contributed by atoms with E-state index in [1.165, 1.54) is 12.1 Å². The second-order valence-electron chi connectivity index (χ2n) is 2.88. The van der Waals surface area contributed by atoms with Crippen molar-refractivity contribution in [3.05, 3.63) is 33.9 Å². The molecule has 1 aliphatic rings. The first kappa shape index (κ1) is 8.31. The molecular weight excluding hydrogens is 192 g/mol. The maximum absolute atomic E-state index is 10.4. The minimum absolute atomic E-state index is 0.0908. The summed E-state index contributed by atoms with van der Waals surface area (Å²) in [6.07, 6.45) is 0. The van der Waals surface area contributed by atoms with E-state index < -0.39 is 4.92 Å². The largest absolute Gasteiger partial charge is 0.383 e. The lowest BCUT2D eigenvalue weighted by atomic mass is 10.1. The van der Waals surface area contributed by atoms with Crippen LogP contribution in [0, 0.1) is 10.1 Å². The number of nitro groups is 1. The van der Waals surface area contributed by atoms with E-state index in [1.54, 1.807) is 6.07 Å². The molecule has 1 N–H and O–H groups in total. The number of non-ortho nitro benzene ring substituents is 1. The Balaban J connectivity index is 2.47. The number of hydrogen-bond donors (Lipinski definition) is 1. The van der Waals surface area contributed by atoms with Gasteiger partial charge in [0.05, 0.1) is 10.3 Å². The molecule has 0 saturated carbocycles. The average Bonchev–Trinajstić information content (AvgIpc) is 2.47. The predicted molar refractivity (Wildman–Crippen MR) is 50.2 cm³/mol. The van der Waals surface area contributed by atoms with Gasteiger partial charge in [-0.3, -0.25) is 10.1 Å². The van der Waals surface area contributed by atoms with Crippen LogP contribution in [0.15, 0.2) is 18.2 Å². The van der Waals surface area contributed by atoms with Crippen LogP contribution in [0.2, 0.25) is 0 Å². The van der Waals surface area contributed by atoms with Crippen LogP contribution < -0.4 is 5.32 Å². The van der Waals surface area contributed by atoms with Gasteiger partial charge in [0.2, 0.25) is 0 Å². The first-order valence-corrected chi connectivity index (χ1v) is 4.28. The van der Waals surface area contributed by atoms with Crippen molar-refractivity contribution in [1.82, 2.24) is 0 Å². The van der Waals surface area contributed by atoms with Crippen molar-refractivity contribution >= 4 is 23.0 Å². The van der Waals surface area contributed by atoms with Gasteiger partial charge in [0.25, 0.3) is 5.69 Å². The third kappa shape index (κ3) is 1.33. The Kier molecular flexibility index (Phi) is 1.84. The lowest BCUT2D eigenvalue weighted by Gasteiger charge is -1.99. The highest BCUT2D eigenvalue weighted by Crippen LogP contribution is 2.36. The maximum Gasteiger partial charge on any atom is 0.269 e. The van der Waals surface area contributed by atoms with Crippen molar-refractivity contribution in [2.45, 2.75) is 5.38 Å². The highest BCUT2D eigenvalue weighted by Gasteiger charge is 2.22. The summed E-state index contributed by atoms with van der Waals surface area (Å²) in [6.45, 7) is 0.637. The Hall–Kier alpha value is -1.29. The number of nitrogens with one attached hydrogen (secondary N) is 1. The summed E-state index contributed by atoms with van der Waals surface area (Å²) in [6, 6.07) is 4.68. The highest BCUT2D eigenvalue weighted by molar-refractivity contribution is 6.22. The summed E-state index contributed by atoms with van der Waals surface area (Å²) in [5, 5.41) is 13.4. The molecule has 0 radical (unpaired) electrons. The van der Waals surface area contributed by atoms with Gasteiger partial charge >= 0.3 is 0 Å². The third-order valence-electron chi connectivity index (χ3n) is 2.06. The smallest absolute Gasteiger partial charge is 0.269 e. The zero-order valence-electron chi connectivity index (χ0n) is 6.66. The summed E-state index contributed by atoms with van der Waals surface area (Å²) in [5.41, 5.74) is 1.80. The van der Waals surface area contributed by atoms with Gasteiger partial charge in [0.1, 0.15) is 0 Å². The number of anilines is 1. The molecule has 0 bridgehead atoms. The molecule has 0 spiro atoms. The maximum atomic E-state index is 10.4. The van der Waals surface area contributed by atoms with Crippen LogP contribution in [0.1, 0.15) is 10.9 Å². The number of rotatable bonds is 1. The Morgan fingerprint density at radius 2 is 2.38 bits per heavy atom. The van der Waals surface area contributed by atoms with E-state index in [4.69, 9.17) is 11.6 Å². The SMILES string of the molecule is O=[N+]([O-])c1ccc2c(c1)C(Cl)CN2. The zero-order valence-corrected chi connectivity index (χ0v) is 7.41. The fraction of sp³-hybridized carbons (Fsp3) is 0.250. The number of fused-ring (bicyclic) bond motifs is 1. The third-order valence-corrected chi connectivity index (χ3v) is 2.44. The van der Waals surface area contributed by atoms with E-state index in [0.717, 1.165) is 11.3 Å². The van der Waals surface area contributed by atoms with E-state index in [0.29, 0.717) is 6.54 Å². The van der Waals surface area contributed by atoms with Gasteiger partial charge in [0.15, 0.2) is 0 Å². The number of hydrogen-bond acceptors (Lipinski definition) is 3. The number of nitro benzene ring substituents is 1. The molecule has 0 aliphatic carbocycles. The molecule has 1 heterocycles. The minimum Gasteiger partial charge on any atom is -0.383 e. The molecule has 0 amide bonds. The van der Waals surface area contributed by atoms with E-state index in [1.807, 2.05) is 0 Å². The molecule has 1 aliphatic heterocycles. The average molecular weight is 199 g/mol. The number of alkyl halides is 1. The van der Waals surface area contributed by atoms with Gasteiger partial charge in [-0.1, -0.05) is 0 Å². The molecule has 4 nitrogen and oxygen atoms in total. The normalized spacial score (nSPS) is 19.3. The van der Waals surface area contributed by atoms with E-state index in [9.17, 15) is 10.1 Å². The van der Waals surface area contributed by atoms with Crippen LogP contribution in [-0.2, 0) is 0 Å². The monoisotopic (exact) mass is 198 g/mol. The van der Waals surface area contributed by atoms with Gasteiger partial charge < -0.3 is 5.32 Å². The summed E-state index contributed by atoms with van der Waals surface area (Å²) < 4.78 is 0. The molecule has 2 rings (SSSR count). The van der Waals surface area contributed by atoms with E-state index in [-0.39, 0.29) is 11.1 Å². The number of nitrogens with zero attached hydrogens (tertiary/aromatic N) is 1. The fourth-order valence-electron chi connectivity index (χ4n) is 1.39. The summed E-state index contributed by atoms with van der Waals surface area (Å²) in [4.78, 5) is 10.0. The quantitative estimate of drug-likeness (QED) is 0.428. The second kappa shape index (κ2) is 2.88. The number of halogens is 1. The molecule has 5 heteroatoms. The van der Waals surface area contributed by atoms with Gasteiger partial charge in [-0.15, -0.1) is 11.6 Å². The van der Waals surface area contributed by atoms with Crippen LogP contribution in [0.3, 0.4) is 0 Å². The van der Waals surface area contributed by atoms with Crippen molar-refractivity contribution in [2.75, 3.05) is 11.9 Å². The van der Waals surface area contributed by atoms with Crippen molar-refractivity contribution in [3.63, 3.8) is 0 Å². The second-order valence-corrected chi connectivity index (χ2v) is 3.40. The van der Waals surface area contributed by atoms with Crippen molar-refractivity contribution < 1.29 is 4.92 Å². The lowest BCUT2D eigenvalue weighted by Crippen LogP contribution is -1.93. The van der Waals surface area contributed by atoms with Crippen LogP contribution in [0.25, 0.3) is 0 Å². The lowest BCUT2D eigenvalue weighted by molar-refractivity contribution is -0.384. The van der Waals surface area contributed by atoms with E-state index >= 15 is 0 Å². The topological polar surface area (TPSA) is 55.2 Å². The number of benzene rings is 1. The van der Waals surface area contributed by atoms with Crippen molar-refractivity contribution in [3.8, 4) is 0 Å². The van der Waals surface area contributed by atoms with Crippen molar-refractivity contribution in [2.24, 2.45) is 0 Å². The molecule has 68 valence electrons. The molecule has 1 atom stereocenters. The zero-order chi connectivity index (χ0) is 9.42. The van der Waals surface area contributed by atoms with Crippen LogP contribution in [0.4, 0.5) is 11.4 Å². The predicted octanol–water partition coefficient (Wildman–Crippen LogP) is 2.30. The van der Waals surface area contributed by atoms with Crippen LogP contribution in [-0.4, -0.2) is 11.5 Å². The molecule has 13 heavy (non-hydrogen) atoms. The summed E-state index contributed by atoms with van der Waals surface area (Å²) >= 11 is 5.93. The Morgan fingerprint density at radius 1 is 1.62 bits per heavy atom. The molecule has 0 saturated heterocycles. The van der Waals surface area contributed by atoms with E-state index in [2.05, 4.69) is 5.32 Å². The highest BCUT2D eigenvalue weighted by atomic mass is 35.5. The minimum atomic E-state index is -0.414. The van der Waals surface area contributed by atoms with Gasteiger partial charge in [-0.05, 0) is 6.07 Å². The first-order valence-electron chi connectivity index (χ1n) is 3.85. The molecule has 1 aromatic carbocycles. The Morgan fingerprint density at radius 3 is 3.08 bits per heavy atom. The summed E-state index contributed by atoms with van der Waals surface area (Å²) in [7, 11) is 0. The molecule has 1 unspecified atom stereocenters.